The predicted octanol–water partition coefficient (Wildman–Crippen LogP) is 2.65. The molecule has 2 aromatic rings. The first kappa shape index (κ1) is 14.9. The van der Waals surface area contributed by atoms with Crippen molar-refractivity contribution in [2.75, 3.05) is 19.4 Å². The molecule has 0 spiro atoms. The van der Waals surface area contributed by atoms with E-state index in [2.05, 4.69) is 39.6 Å². The quantitative estimate of drug-likeness (QED) is 0.732. The van der Waals surface area contributed by atoms with Crippen LogP contribution in [0.15, 0.2) is 35.7 Å². The normalized spacial score (nSPS) is 12.3. The van der Waals surface area contributed by atoms with Crippen LogP contribution in [0, 0.1) is 0 Å². The van der Waals surface area contributed by atoms with Gasteiger partial charge in [0.05, 0.1) is 7.11 Å². The van der Waals surface area contributed by atoms with Gasteiger partial charge in [0.2, 0.25) is 0 Å². The summed E-state index contributed by atoms with van der Waals surface area (Å²) in [6.45, 7) is 3.15. The van der Waals surface area contributed by atoms with Crippen LogP contribution >= 0.6 is 11.8 Å². The summed E-state index contributed by atoms with van der Waals surface area (Å²) in [5, 5.41) is 11.1. The van der Waals surface area contributed by atoms with Gasteiger partial charge in [-0.15, -0.1) is 0 Å². The molecule has 0 saturated carbocycles. The van der Waals surface area contributed by atoms with Crippen molar-refractivity contribution in [2.45, 2.75) is 24.5 Å². The van der Waals surface area contributed by atoms with Gasteiger partial charge in [-0.25, -0.2) is 4.98 Å². The molecular formula is C14H20N4OS. The third kappa shape index (κ3) is 4.25. The fourth-order valence-corrected chi connectivity index (χ4v) is 2.75. The van der Waals surface area contributed by atoms with E-state index in [9.17, 15) is 0 Å². The molecule has 2 N–H and O–H groups in total. The van der Waals surface area contributed by atoms with E-state index >= 15 is 0 Å². The number of thioether (sulfide) groups is 1. The number of hydrogen-bond acceptors (Lipinski definition) is 5. The van der Waals surface area contributed by atoms with Gasteiger partial charge >= 0.3 is 0 Å². The number of H-pyrrole nitrogens is 1. The lowest BCUT2D eigenvalue weighted by Crippen LogP contribution is -2.24. The maximum absolute atomic E-state index is 5.30. The number of nitrogens with zero attached hydrogens (tertiary/aromatic N) is 2. The molecule has 1 aromatic heterocycles. The largest absolute Gasteiger partial charge is 0.497 e. The van der Waals surface area contributed by atoms with Crippen molar-refractivity contribution in [1.82, 2.24) is 20.5 Å². The lowest BCUT2D eigenvalue weighted by atomic mass is 10.1. The van der Waals surface area contributed by atoms with Crippen molar-refractivity contribution in [2.24, 2.45) is 0 Å². The van der Waals surface area contributed by atoms with Crippen LogP contribution in [0.3, 0.4) is 0 Å². The lowest BCUT2D eigenvalue weighted by molar-refractivity contribution is 0.413. The Labute approximate surface area is 123 Å². The Morgan fingerprint density at radius 2 is 2.35 bits per heavy atom. The molecule has 0 fully saturated rings. The van der Waals surface area contributed by atoms with Gasteiger partial charge in [-0.1, -0.05) is 30.8 Å². The summed E-state index contributed by atoms with van der Waals surface area (Å²) in [4.78, 5) is 4.14. The second-order valence-corrected chi connectivity index (χ2v) is 5.39. The first-order valence-electron chi connectivity index (χ1n) is 6.69. The molecule has 1 heterocycles. The molecule has 0 saturated heterocycles. The standard InChI is InChI=1S/C14H20N4OS/c1-3-7-15-13(9-20-14-16-10-17-18-14)11-5-4-6-12(8-11)19-2/h4-6,8,10,13,15H,3,7,9H2,1-2H3,(H,16,17,18). The minimum Gasteiger partial charge on any atom is -0.497 e. The molecule has 20 heavy (non-hydrogen) atoms. The monoisotopic (exact) mass is 292 g/mol. The highest BCUT2D eigenvalue weighted by Gasteiger charge is 2.12. The van der Waals surface area contributed by atoms with Crippen LogP contribution in [-0.4, -0.2) is 34.6 Å². The Bertz CT molecular complexity index is 504. The van der Waals surface area contributed by atoms with Crippen LogP contribution in [0.1, 0.15) is 24.9 Å². The summed E-state index contributed by atoms with van der Waals surface area (Å²) in [6, 6.07) is 8.45. The van der Waals surface area contributed by atoms with Crippen LogP contribution < -0.4 is 10.1 Å². The minimum atomic E-state index is 0.264. The molecule has 1 atom stereocenters. The van der Waals surface area contributed by atoms with Crippen molar-refractivity contribution in [3.05, 3.63) is 36.2 Å². The number of benzene rings is 1. The summed E-state index contributed by atoms with van der Waals surface area (Å²) in [7, 11) is 1.69. The number of aromatic nitrogens is 3. The third-order valence-corrected chi connectivity index (χ3v) is 3.89. The highest BCUT2D eigenvalue weighted by Crippen LogP contribution is 2.24. The van der Waals surface area contributed by atoms with E-state index in [-0.39, 0.29) is 6.04 Å². The summed E-state index contributed by atoms with van der Waals surface area (Å²) >= 11 is 1.66. The van der Waals surface area contributed by atoms with Crippen molar-refractivity contribution < 1.29 is 4.74 Å². The Morgan fingerprint density at radius 1 is 1.45 bits per heavy atom. The van der Waals surface area contributed by atoms with Gasteiger partial charge in [-0.2, -0.15) is 5.10 Å². The van der Waals surface area contributed by atoms with Crippen molar-refractivity contribution >= 4 is 11.8 Å². The number of methoxy groups -OCH3 is 1. The van der Waals surface area contributed by atoms with Crippen LogP contribution in [0.5, 0.6) is 5.75 Å². The van der Waals surface area contributed by atoms with Gasteiger partial charge in [-0.3, -0.25) is 5.10 Å². The second kappa shape index (κ2) is 7.91. The van der Waals surface area contributed by atoms with E-state index in [1.165, 1.54) is 11.9 Å². The molecule has 5 nitrogen and oxygen atoms in total. The van der Waals surface area contributed by atoms with E-state index in [4.69, 9.17) is 4.74 Å². The van der Waals surface area contributed by atoms with Crippen LogP contribution in [-0.2, 0) is 0 Å². The van der Waals surface area contributed by atoms with Crippen LogP contribution in [0.4, 0.5) is 0 Å². The van der Waals surface area contributed by atoms with Gasteiger partial charge in [0.1, 0.15) is 12.1 Å². The average Bonchev–Trinajstić information content (AvgIpc) is 3.01. The zero-order valence-electron chi connectivity index (χ0n) is 11.8. The zero-order valence-corrected chi connectivity index (χ0v) is 12.6. The molecule has 0 amide bonds. The molecule has 2 rings (SSSR count). The van der Waals surface area contributed by atoms with Gasteiger partial charge in [0, 0.05) is 11.8 Å². The van der Waals surface area contributed by atoms with Crippen molar-refractivity contribution in [1.29, 1.82) is 0 Å². The summed E-state index contributed by atoms with van der Waals surface area (Å²) < 4.78 is 5.30. The van der Waals surface area contributed by atoms with E-state index < -0.39 is 0 Å². The van der Waals surface area contributed by atoms with Crippen molar-refractivity contribution in [3.8, 4) is 5.75 Å². The SMILES string of the molecule is CCCNC(CSc1ncn[nH]1)c1cccc(OC)c1. The molecule has 0 bridgehead atoms. The smallest absolute Gasteiger partial charge is 0.183 e. The maximum atomic E-state index is 5.30. The zero-order chi connectivity index (χ0) is 14.2. The van der Waals surface area contributed by atoms with Gasteiger partial charge in [0.15, 0.2) is 5.16 Å². The molecule has 0 aliphatic heterocycles. The molecule has 0 radical (unpaired) electrons. The molecule has 1 unspecified atom stereocenters. The molecule has 0 aliphatic carbocycles. The number of nitrogens with one attached hydrogen (secondary N) is 2. The van der Waals surface area contributed by atoms with E-state index in [1.807, 2.05) is 12.1 Å². The molecular weight excluding hydrogens is 272 g/mol. The Kier molecular flexibility index (Phi) is 5.88. The number of rotatable bonds is 8. The van der Waals surface area contributed by atoms with E-state index in [0.717, 1.165) is 29.6 Å². The maximum Gasteiger partial charge on any atom is 0.183 e. The highest BCUT2D eigenvalue weighted by molar-refractivity contribution is 7.99. The van der Waals surface area contributed by atoms with Crippen molar-refractivity contribution in [3.63, 3.8) is 0 Å². The fraction of sp³-hybridized carbons (Fsp3) is 0.429. The third-order valence-electron chi connectivity index (χ3n) is 2.92. The van der Waals surface area contributed by atoms with Gasteiger partial charge in [0.25, 0.3) is 0 Å². The Morgan fingerprint density at radius 3 is 3.05 bits per heavy atom. The number of aromatic amines is 1. The van der Waals surface area contributed by atoms with Gasteiger partial charge in [-0.05, 0) is 30.7 Å². The summed E-state index contributed by atoms with van der Waals surface area (Å²) in [5.74, 6) is 1.78. The molecule has 0 aliphatic rings. The molecule has 108 valence electrons. The summed E-state index contributed by atoms with van der Waals surface area (Å²) in [5.41, 5.74) is 1.23. The van der Waals surface area contributed by atoms with Crippen LogP contribution in [0.2, 0.25) is 0 Å². The van der Waals surface area contributed by atoms with E-state index in [0.29, 0.717) is 0 Å². The molecule has 1 aromatic carbocycles. The number of ether oxygens (including phenoxy) is 1. The first-order chi connectivity index (χ1) is 9.83. The topological polar surface area (TPSA) is 62.8 Å². The average molecular weight is 292 g/mol. The number of hydrogen-bond donors (Lipinski definition) is 2. The Balaban J connectivity index is 2.05. The fourth-order valence-electron chi connectivity index (χ4n) is 1.88. The molecule has 6 heteroatoms. The Hall–Kier alpha value is -1.53. The van der Waals surface area contributed by atoms with E-state index in [1.54, 1.807) is 18.9 Å². The van der Waals surface area contributed by atoms with Crippen LogP contribution in [0.25, 0.3) is 0 Å². The summed E-state index contributed by atoms with van der Waals surface area (Å²) in [6.07, 6.45) is 2.63. The van der Waals surface area contributed by atoms with Gasteiger partial charge < -0.3 is 10.1 Å². The minimum absolute atomic E-state index is 0.264. The highest BCUT2D eigenvalue weighted by atomic mass is 32.2. The second-order valence-electron chi connectivity index (χ2n) is 4.38. The first-order valence-corrected chi connectivity index (χ1v) is 7.67. The lowest BCUT2D eigenvalue weighted by Gasteiger charge is -2.18. The predicted molar refractivity (Wildman–Crippen MR) is 81.1 cm³/mol.